The number of methoxy groups -OCH3 is 1. The fourth-order valence-electron chi connectivity index (χ4n) is 3.85. The molecule has 0 aliphatic carbocycles. The van der Waals surface area contributed by atoms with E-state index in [1.54, 1.807) is 6.92 Å². The van der Waals surface area contributed by atoms with Crippen LogP contribution in [0.25, 0.3) is 0 Å². The summed E-state index contributed by atoms with van der Waals surface area (Å²) in [5.41, 5.74) is 5.32. The van der Waals surface area contributed by atoms with Crippen molar-refractivity contribution < 1.29 is 23.9 Å². The Kier molecular flexibility index (Phi) is 7.88. The number of aromatic nitrogens is 3. The second-order valence-electron chi connectivity index (χ2n) is 7.97. The van der Waals surface area contributed by atoms with Crippen LogP contribution in [0.15, 0.2) is 30.3 Å². The first kappa shape index (κ1) is 24.8. The van der Waals surface area contributed by atoms with Crippen LogP contribution in [0.5, 0.6) is 0 Å². The molecule has 9 heteroatoms. The molecule has 0 atom stereocenters. The number of nitrogens with one attached hydrogen (secondary N) is 2. The molecule has 2 heterocycles. The standard InChI is InChI=1S/C25H30N4O5/c1-6-20-22(24(31)33-5)15(2)23(27-20)25(32)34-14-21(30)26-12-19-16(3)28-29(17(19)4)13-18-10-8-7-9-11-18/h7-11,27H,6,12-14H2,1-5H3,(H,26,30). The van der Waals surface area contributed by atoms with Crippen molar-refractivity contribution in [1.82, 2.24) is 20.1 Å². The Morgan fingerprint density at radius 3 is 2.44 bits per heavy atom. The van der Waals surface area contributed by atoms with Crippen molar-refractivity contribution in [2.75, 3.05) is 13.7 Å². The van der Waals surface area contributed by atoms with Crippen molar-refractivity contribution in [2.45, 2.75) is 47.2 Å². The minimum atomic E-state index is -0.708. The van der Waals surface area contributed by atoms with Crippen LogP contribution in [0.2, 0.25) is 0 Å². The van der Waals surface area contributed by atoms with Gasteiger partial charge in [-0.3, -0.25) is 9.48 Å². The first-order valence-electron chi connectivity index (χ1n) is 11.1. The third-order valence-corrected chi connectivity index (χ3v) is 5.78. The van der Waals surface area contributed by atoms with Crippen LogP contribution in [0.4, 0.5) is 0 Å². The zero-order valence-electron chi connectivity index (χ0n) is 20.2. The molecule has 0 fully saturated rings. The molecule has 0 saturated heterocycles. The van der Waals surface area contributed by atoms with Crippen LogP contribution in [0.3, 0.4) is 0 Å². The molecular weight excluding hydrogens is 436 g/mol. The predicted octanol–water partition coefficient (Wildman–Crippen LogP) is 3.01. The highest BCUT2D eigenvalue weighted by molar-refractivity contribution is 5.99. The third kappa shape index (κ3) is 5.36. The molecule has 0 spiro atoms. The summed E-state index contributed by atoms with van der Waals surface area (Å²) in [6, 6.07) is 10.0. The topological polar surface area (TPSA) is 115 Å². The number of amides is 1. The summed E-state index contributed by atoms with van der Waals surface area (Å²) in [6.07, 6.45) is 0.510. The minimum absolute atomic E-state index is 0.138. The largest absolute Gasteiger partial charge is 0.465 e. The number of H-pyrrole nitrogens is 1. The number of carbonyl (C=O) groups excluding carboxylic acids is 3. The van der Waals surface area contributed by atoms with Gasteiger partial charge in [-0.15, -0.1) is 0 Å². The SMILES string of the molecule is CCc1[nH]c(C(=O)OCC(=O)NCc2c(C)nn(Cc3ccccc3)c2C)c(C)c1C(=O)OC. The fraction of sp³-hybridized carbons (Fsp3) is 0.360. The summed E-state index contributed by atoms with van der Waals surface area (Å²) in [4.78, 5) is 39.8. The molecule has 0 saturated carbocycles. The van der Waals surface area contributed by atoms with Gasteiger partial charge in [-0.2, -0.15) is 5.10 Å². The van der Waals surface area contributed by atoms with Crippen molar-refractivity contribution in [3.63, 3.8) is 0 Å². The molecule has 1 aromatic carbocycles. The number of ether oxygens (including phenoxy) is 2. The molecule has 1 amide bonds. The number of benzene rings is 1. The molecule has 3 rings (SSSR count). The van der Waals surface area contributed by atoms with Gasteiger partial charge in [-0.25, -0.2) is 9.59 Å². The zero-order valence-corrected chi connectivity index (χ0v) is 20.2. The van der Waals surface area contributed by atoms with Crippen molar-refractivity contribution in [3.05, 3.63) is 75.4 Å². The Bertz CT molecular complexity index is 1190. The lowest BCUT2D eigenvalue weighted by molar-refractivity contribution is -0.124. The van der Waals surface area contributed by atoms with Gasteiger partial charge in [-0.1, -0.05) is 37.3 Å². The molecule has 2 N–H and O–H groups in total. The lowest BCUT2D eigenvalue weighted by atomic mass is 10.1. The van der Waals surface area contributed by atoms with Crippen LogP contribution < -0.4 is 5.32 Å². The smallest absolute Gasteiger partial charge is 0.355 e. The van der Waals surface area contributed by atoms with E-state index in [0.29, 0.717) is 29.8 Å². The third-order valence-electron chi connectivity index (χ3n) is 5.78. The summed E-state index contributed by atoms with van der Waals surface area (Å²) in [5, 5.41) is 7.37. The van der Waals surface area contributed by atoms with E-state index in [2.05, 4.69) is 15.4 Å². The molecule has 0 radical (unpaired) electrons. The molecule has 0 aliphatic rings. The van der Waals surface area contributed by atoms with E-state index in [4.69, 9.17) is 9.47 Å². The molecule has 180 valence electrons. The van der Waals surface area contributed by atoms with E-state index in [0.717, 1.165) is 22.5 Å². The maximum Gasteiger partial charge on any atom is 0.355 e. The van der Waals surface area contributed by atoms with Gasteiger partial charge in [0.15, 0.2) is 6.61 Å². The minimum Gasteiger partial charge on any atom is -0.465 e. The normalized spacial score (nSPS) is 10.7. The van der Waals surface area contributed by atoms with Crippen LogP contribution >= 0.6 is 0 Å². The van der Waals surface area contributed by atoms with Gasteiger partial charge in [0.2, 0.25) is 0 Å². The van der Waals surface area contributed by atoms with E-state index in [-0.39, 0.29) is 12.2 Å². The first-order valence-corrected chi connectivity index (χ1v) is 11.1. The Morgan fingerprint density at radius 2 is 1.79 bits per heavy atom. The summed E-state index contributed by atoms with van der Waals surface area (Å²) in [6.45, 7) is 7.82. The maximum absolute atomic E-state index is 12.5. The van der Waals surface area contributed by atoms with Gasteiger partial charge in [0, 0.05) is 23.5 Å². The van der Waals surface area contributed by atoms with Crippen LogP contribution in [0, 0.1) is 20.8 Å². The monoisotopic (exact) mass is 466 g/mol. The Morgan fingerprint density at radius 1 is 1.09 bits per heavy atom. The van der Waals surface area contributed by atoms with E-state index in [9.17, 15) is 14.4 Å². The number of nitrogens with zero attached hydrogens (tertiary/aromatic N) is 2. The number of hydrogen-bond acceptors (Lipinski definition) is 6. The fourth-order valence-corrected chi connectivity index (χ4v) is 3.85. The van der Waals surface area contributed by atoms with E-state index < -0.39 is 24.5 Å². The maximum atomic E-state index is 12.5. The number of aryl methyl sites for hydroxylation is 2. The highest BCUT2D eigenvalue weighted by atomic mass is 16.5. The number of carbonyl (C=O) groups is 3. The first-order chi connectivity index (χ1) is 16.3. The zero-order chi connectivity index (χ0) is 24.8. The van der Waals surface area contributed by atoms with Gasteiger partial charge in [0.1, 0.15) is 5.69 Å². The molecule has 9 nitrogen and oxygen atoms in total. The average Bonchev–Trinajstić information content (AvgIpc) is 3.31. The van der Waals surface area contributed by atoms with Gasteiger partial charge in [0.25, 0.3) is 5.91 Å². The molecule has 0 aliphatic heterocycles. The summed E-state index contributed by atoms with van der Waals surface area (Å²) < 4.78 is 11.9. The number of esters is 2. The highest BCUT2D eigenvalue weighted by Crippen LogP contribution is 2.21. The summed E-state index contributed by atoms with van der Waals surface area (Å²) in [7, 11) is 1.28. The van der Waals surface area contributed by atoms with E-state index in [1.165, 1.54) is 7.11 Å². The molecule has 34 heavy (non-hydrogen) atoms. The lowest BCUT2D eigenvalue weighted by Gasteiger charge is -2.08. The summed E-state index contributed by atoms with van der Waals surface area (Å²) >= 11 is 0. The van der Waals surface area contributed by atoms with Gasteiger partial charge >= 0.3 is 11.9 Å². The van der Waals surface area contributed by atoms with Gasteiger partial charge in [0.05, 0.1) is 24.9 Å². The lowest BCUT2D eigenvalue weighted by Crippen LogP contribution is -2.29. The van der Waals surface area contributed by atoms with Crippen LogP contribution in [-0.2, 0) is 33.8 Å². The van der Waals surface area contributed by atoms with Gasteiger partial charge < -0.3 is 19.8 Å². The second-order valence-corrected chi connectivity index (χ2v) is 7.97. The average molecular weight is 467 g/mol. The van der Waals surface area contributed by atoms with Crippen molar-refractivity contribution in [2.24, 2.45) is 0 Å². The van der Waals surface area contributed by atoms with Gasteiger partial charge in [-0.05, 0) is 38.3 Å². The Hall–Kier alpha value is -3.88. The quantitative estimate of drug-likeness (QED) is 0.469. The predicted molar refractivity (Wildman–Crippen MR) is 126 cm³/mol. The van der Waals surface area contributed by atoms with Crippen molar-refractivity contribution in [3.8, 4) is 0 Å². The second kappa shape index (κ2) is 10.8. The molecule has 0 bridgehead atoms. The van der Waals surface area contributed by atoms with E-state index >= 15 is 0 Å². The molecule has 2 aromatic heterocycles. The molecule has 0 unspecified atom stereocenters. The van der Waals surface area contributed by atoms with Crippen LogP contribution in [0.1, 0.15) is 61.5 Å². The Balaban J connectivity index is 1.59. The number of hydrogen-bond donors (Lipinski definition) is 2. The van der Waals surface area contributed by atoms with Crippen molar-refractivity contribution in [1.29, 1.82) is 0 Å². The van der Waals surface area contributed by atoms with Crippen LogP contribution in [-0.4, -0.2) is 46.3 Å². The number of rotatable bonds is 9. The Labute approximate surface area is 198 Å². The molecule has 3 aromatic rings. The molecular formula is C25H30N4O5. The highest BCUT2D eigenvalue weighted by Gasteiger charge is 2.25. The van der Waals surface area contributed by atoms with E-state index in [1.807, 2.05) is 55.8 Å². The summed E-state index contributed by atoms with van der Waals surface area (Å²) in [5.74, 6) is -1.67. The number of aromatic amines is 1. The van der Waals surface area contributed by atoms with Crippen molar-refractivity contribution >= 4 is 17.8 Å².